The molecule has 0 radical (unpaired) electrons. The molecule has 1 N–H and O–H groups in total. The van der Waals surface area contributed by atoms with Gasteiger partial charge in [0.15, 0.2) is 11.3 Å². The van der Waals surface area contributed by atoms with Gasteiger partial charge >= 0.3 is 6.18 Å². The van der Waals surface area contributed by atoms with Crippen LogP contribution >= 0.6 is 0 Å². The number of alkyl halides is 3. The van der Waals surface area contributed by atoms with Crippen LogP contribution in [0.5, 0.6) is 5.75 Å². The summed E-state index contributed by atoms with van der Waals surface area (Å²) in [7, 11) is 1.50. The molecule has 1 saturated heterocycles. The number of carbonyl (C=O) groups excluding carboxylic acids is 1. The van der Waals surface area contributed by atoms with Crippen LogP contribution < -0.4 is 4.74 Å². The van der Waals surface area contributed by atoms with Crippen LogP contribution in [0.15, 0.2) is 60.8 Å². The average molecular weight is 540 g/mol. The number of aromatic nitrogens is 3. The first-order valence-electron chi connectivity index (χ1n) is 12.5. The van der Waals surface area contributed by atoms with E-state index in [1.54, 1.807) is 29.2 Å². The normalized spacial score (nSPS) is 15.5. The Morgan fingerprint density at radius 3 is 2.31 bits per heavy atom. The van der Waals surface area contributed by atoms with Gasteiger partial charge < -0.3 is 14.7 Å². The molecular formula is C28H28F3N5O3. The molecule has 0 saturated carbocycles. The van der Waals surface area contributed by atoms with E-state index < -0.39 is 17.8 Å². The summed E-state index contributed by atoms with van der Waals surface area (Å²) in [6, 6.07) is 16.0. The number of rotatable bonds is 6. The third-order valence-corrected chi connectivity index (χ3v) is 7.15. The van der Waals surface area contributed by atoms with Crippen LogP contribution in [0.3, 0.4) is 0 Å². The highest BCUT2D eigenvalue weighted by molar-refractivity contribution is 6.00. The number of aliphatic hydroxyl groups is 1. The number of aliphatic hydroxyl groups excluding tert-OH is 1. The number of benzene rings is 2. The van der Waals surface area contributed by atoms with Crippen molar-refractivity contribution in [3.63, 3.8) is 0 Å². The third-order valence-electron chi connectivity index (χ3n) is 7.15. The molecule has 0 bridgehead atoms. The maximum atomic E-state index is 14.2. The van der Waals surface area contributed by atoms with E-state index in [1.807, 2.05) is 30.3 Å². The summed E-state index contributed by atoms with van der Waals surface area (Å²) in [6.07, 6.45) is -3.56. The Hall–Kier alpha value is -3.96. The fourth-order valence-electron chi connectivity index (χ4n) is 5.10. The molecule has 1 aliphatic rings. The summed E-state index contributed by atoms with van der Waals surface area (Å²) in [4.78, 5) is 21.7. The number of ether oxygens (including phenoxy) is 1. The van der Waals surface area contributed by atoms with E-state index in [2.05, 4.69) is 15.0 Å². The molecule has 1 atom stereocenters. The fraction of sp³-hybridized carbons (Fsp3) is 0.321. The number of hydrogen-bond donors (Lipinski definition) is 1. The molecule has 8 nitrogen and oxygen atoms in total. The molecule has 39 heavy (non-hydrogen) atoms. The van der Waals surface area contributed by atoms with Crippen LogP contribution in [-0.4, -0.2) is 75.3 Å². The first kappa shape index (κ1) is 26.6. The topological polar surface area (TPSA) is 83.2 Å². The minimum Gasteiger partial charge on any atom is -0.497 e. The standard InChI is InChI=1S/C28H28F3N5O3/c1-18-24(20-8-10-21(39-2)11-9-20)33-26-22(16-32-36(26)25(18)28(29,30)31)27(38)35-14-12-34(13-15-35)23(17-37)19-6-4-3-5-7-19/h3-11,16,23,37H,12-15,17H2,1-2H3. The SMILES string of the molecule is COc1ccc(-c2nc3c(C(=O)N4CCN(C(CO)c5ccccc5)CC4)cnn3c(C(F)(F)F)c2C)cc1. The van der Waals surface area contributed by atoms with Crippen molar-refractivity contribution in [2.24, 2.45) is 0 Å². The van der Waals surface area contributed by atoms with E-state index in [-0.39, 0.29) is 35.1 Å². The molecule has 0 aliphatic carbocycles. The molecular weight excluding hydrogens is 511 g/mol. The number of halogens is 3. The van der Waals surface area contributed by atoms with Crippen molar-refractivity contribution in [3.8, 4) is 17.0 Å². The summed E-state index contributed by atoms with van der Waals surface area (Å²) < 4.78 is 48.5. The quantitative estimate of drug-likeness (QED) is 0.395. The number of piperazine rings is 1. The predicted molar refractivity (Wildman–Crippen MR) is 138 cm³/mol. The molecule has 204 valence electrons. The Morgan fingerprint density at radius 1 is 1.05 bits per heavy atom. The molecule has 4 aromatic rings. The lowest BCUT2D eigenvalue weighted by atomic mass is 10.0. The first-order valence-corrected chi connectivity index (χ1v) is 12.5. The maximum absolute atomic E-state index is 14.2. The van der Waals surface area contributed by atoms with Crippen LogP contribution in [0, 0.1) is 6.92 Å². The number of carbonyl (C=O) groups is 1. The van der Waals surface area contributed by atoms with Gasteiger partial charge in [-0.1, -0.05) is 30.3 Å². The van der Waals surface area contributed by atoms with Gasteiger partial charge in [0, 0.05) is 37.3 Å². The Balaban J connectivity index is 1.46. The summed E-state index contributed by atoms with van der Waals surface area (Å²) in [5.74, 6) is 0.124. The monoisotopic (exact) mass is 539 g/mol. The van der Waals surface area contributed by atoms with Gasteiger partial charge in [-0.2, -0.15) is 18.3 Å². The van der Waals surface area contributed by atoms with Gasteiger partial charge in [0.2, 0.25) is 0 Å². The molecule has 0 spiro atoms. The lowest BCUT2D eigenvalue weighted by Gasteiger charge is -2.38. The predicted octanol–water partition coefficient (Wildman–Crippen LogP) is 4.22. The lowest BCUT2D eigenvalue weighted by Crippen LogP contribution is -2.50. The second-order valence-corrected chi connectivity index (χ2v) is 9.39. The minimum atomic E-state index is -4.72. The van der Waals surface area contributed by atoms with Gasteiger partial charge in [-0.3, -0.25) is 9.69 Å². The number of fused-ring (bicyclic) bond motifs is 1. The highest BCUT2D eigenvalue weighted by Crippen LogP contribution is 2.37. The zero-order valence-electron chi connectivity index (χ0n) is 21.5. The van der Waals surface area contributed by atoms with E-state index in [1.165, 1.54) is 14.0 Å². The first-order chi connectivity index (χ1) is 18.7. The van der Waals surface area contributed by atoms with Crippen LogP contribution in [0.2, 0.25) is 0 Å². The molecule has 1 unspecified atom stereocenters. The summed E-state index contributed by atoms with van der Waals surface area (Å²) in [5.41, 5.74) is 0.348. The van der Waals surface area contributed by atoms with E-state index in [0.29, 0.717) is 42.0 Å². The van der Waals surface area contributed by atoms with E-state index in [0.717, 1.165) is 11.8 Å². The Morgan fingerprint density at radius 2 is 1.72 bits per heavy atom. The summed E-state index contributed by atoms with van der Waals surface area (Å²) in [5, 5.41) is 13.9. The minimum absolute atomic E-state index is 0.00507. The highest BCUT2D eigenvalue weighted by Gasteiger charge is 2.39. The van der Waals surface area contributed by atoms with Crippen molar-refractivity contribution in [2.45, 2.75) is 19.1 Å². The largest absolute Gasteiger partial charge is 0.497 e. The lowest BCUT2D eigenvalue weighted by molar-refractivity contribution is -0.143. The van der Waals surface area contributed by atoms with Gasteiger partial charge in [-0.25, -0.2) is 9.50 Å². The number of hydrogen-bond acceptors (Lipinski definition) is 6. The van der Waals surface area contributed by atoms with Gasteiger partial charge in [-0.15, -0.1) is 0 Å². The van der Waals surface area contributed by atoms with Gasteiger partial charge in [0.05, 0.1) is 31.6 Å². The van der Waals surface area contributed by atoms with Crippen LogP contribution in [-0.2, 0) is 6.18 Å². The van der Waals surface area contributed by atoms with Crippen molar-refractivity contribution in [1.82, 2.24) is 24.4 Å². The number of methoxy groups -OCH3 is 1. The zero-order valence-corrected chi connectivity index (χ0v) is 21.5. The Kier molecular flexibility index (Phi) is 7.28. The second-order valence-electron chi connectivity index (χ2n) is 9.39. The highest BCUT2D eigenvalue weighted by atomic mass is 19.4. The van der Waals surface area contributed by atoms with Crippen molar-refractivity contribution in [2.75, 3.05) is 39.9 Å². The number of nitrogens with zero attached hydrogens (tertiary/aromatic N) is 5. The van der Waals surface area contributed by atoms with E-state index in [4.69, 9.17) is 4.74 Å². The van der Waals surface area contributed by atoms with Crippen LogP contribution in [0.25, 0.3) is 16.9 Å². The van der Waals surface area contributed by atoms with Gasteiger partial charge in [0.1, 0.15) is 11.3 Å². The molecule has 1 aliphatic heterocycles. The van der Waals surface area contributed by atoms with Crippen molar-refractivity contribution < 1.29 is 27.8 Å². The van der Waals surface area contributed by atoms with Gasteiger partial charge in [-0.05, 0) is 36.8 Å². The summed E-state index contributed by atoms with van der Waals surface area (Å²) in [6.45, 7) is 2.99. The fourth-order valence-corrected chi connectivity index (χ4v) is 5.10. The van der Waals surface area contributed by atoms with Crippen LogP contribution in [0.1, 0.15) is 33.2 Å². The smallest absolute Gasteiger partial charge is 0.433 e. The number of amides is 1. The molecule has 3 heterocycles. The molecule has 1 amide bonds. The Bertz CT molecular complexity index is 1460. The Labute approximate surface area is 223 Å². The average Bonchev–Trinajstić information content (AvgIpc) is 3.36. The third kappa shape index (κ3) is 5.07. The second kappa shape index (κ2) is 10.7. The van der Waals surface area contributed by atoms with Gasteiger partial charge in [0.25, 0.3) is 5.91 Å². The molecule has 11 heteroatoms. The summed E-state index contributed by atoms with van der Waals surface area (Å²) >= 11 is 0. The molecule has 5 rings (SSSR count). The zero-order chi connectivity index (χ0) is 27.7. The van der Waals surface area contributed by atoms with Crippen LogP contribution in [0.4, 0.5) is 13.2 Å². The maximum Gasteiger partial charge on any atom is 0.433 e. The van der Waals surface area contributed by atoms with Crippen molar-refractivity contribution >= 4 is 11.6 Å². The molecule has 2 aromatic carbocycles. The van der Waals surface area contributed by atoms with Crippen molar-refractivity contribution in [3.05, 3.63) is 83.2 Å². The molecule has 1 fully saturated rings. The van der Waals surface area contributed by atoms with Crippen molar-refractivity contribution in [1.29, 1.82) is 0 Å². The van der Waals surface area contributed by atoms with E-state index in [9.17, 15) is 23.1 Å². The van der Waals surface area contributed by atoms with E-state index >= 15 is 0 Å². The molecule has 2 aromatic heterocycles.